The van der Waals surface area contributed by atoms with Crippen LogP contribution in [-0.2, 0) is 4.79 Å². The van der Waals surface area contributed by atoms with Gasteiger partial charge in [-0.15, -0.1) is 0 Å². The SMILES string of the molecule is CCCCC[C@H](O)/C=C/[C@H]1[C@@H](O)CC(=O)[C@@H]1CCCCCCCO. The van der Waals surface area contributed by atoms with Crippen LogP contribution in [0.25, 0.3) is 0 Å². The Morgan fingerprint density at radius 2 is 1.83 bits per heavy atom. The quantitative estimate of drug-likeness (QED) is 0.355. The number of rotatable bonds is 13. The molecule has 1 aliphatic carbocycles. The van der Waals surface area contributed by atoms with Crippen molar-refractivity contribution in [1.82, 2.24) is 0 Å². The van der Waals surface area contributed by atoms with Crippen LogP contribution in [0.3, 0.4) is 0 Å². The van der Waals surface area contributed by atoms with Gasteiger partial charge in [0.2, 0.25) is 0 Å². The van der Waals surface area contributed by atoms with Crippen LogP contribution in [0.2, 0.25) is 0 Å². The molecule has 0 saturated heterocycles. The third-order valence-corrected chi connectivity index (χ3v) is 5.06. The van der Waals surface area contributed by atoms with Crippen molar-refractivity contribution in [2.75, 3.05) is 6.61 Å². The number of Topliss-reactive ketones (excluding diaryl/α,β-unsaturated/α-hetero) is 1. The van der Waals surface area contributed by atoms with Gasteiger partial charge >= 0.3 is 0 Å². The van der Waals surface area contributed by atoms with E-state index < -0.39 is 12.2 Å². The molecule has 4 heteroatoms. The highest BCUT2D eigenvalue weighted by Crippen LogP contribution is 2.34. The van der Waals surface area contributed by atoms with Gasteiger partial charge in [-0.05, 0) is 19.3 Å². The van der Waals surface area contributed by atoms with E-state index in [4.69, 9.17) is 5.11 Å². The summed E-state index contributed by atoms with van der Waals surface area (Å²) in [5.41, 5.74) is 0. The van der Waals surface area contributed by atoms with Crippen molar-refractivity contribution < 1.29 is 20.1 Å². The molecule has 0 bridgehead atoms. The lowest BCUT2D eigenvalue weighted by Crippen LogP contribution is -2.19. The van der Waals surface area contributed by atoms with Crippen molar-refractivity contribution in [2.24, 2.45) is 11.8 Å². The smallest absolute Gasteiger partial charge is 0.139 e. The maximum absolute atomic E-state index is 12.1. The summed E-state index contributed by atoms with van der Waals surface area (Å²) in [6, 6.07) is 0. The highest BCUT2D eigenvalue weighted by Gasteiger charge is 2.39. The molecule has 1 rings (SSSR count). The highest BCUT2D eigenvalue weighted by molar-refractivity contribution is 5.84. The lowest BCUT2D eigenvalue weighted by Gasteiger charge is -2.18. The fourth-order valence-corrected chi connectivity index (χ4v) is 3.55. The van der Waals surface area contributed by atoms with E-state index in [1.54, 1.807) is 6.08 Å². The van der Waals surface area contributed by atoms with E-state index >= 15 is 0 Å². The minimum atomic E-state index is -0.601. The molecule has 3 N–H and O–H groups in total. The molecule has 0 spiro atoms. The fraction of sp³-hybridized carbons (Fsp3) is 0.850. The summed E-state index contributed by atoms with van der Waals surface area (Å²) in [5, 5.41) is 28.9. The first-order chi connectivity index (χ1) is 11.6. The largest absolute Gasteiger partial charge is 0.396 e. The van der Waals surface area contributed by atoms with Crippen LogP contribution in [0.5, 0.6) is 0 Å². The normalized spacial score (nSPS) is 25.7. The van der Waals surface area contributed by atoms with Crippen LogP contribution >= 0.6 is 0 Å². The molecule has 1 aliphatic rings. The number of unbranched alkanes of at least 4 members (excludes halogenated alkanes) is 6. The zero-order valence-corrected chi connectivity index (χ0v) is 15.2. The average Bonchev–Trinajstić information content (AvgIpc) is 2.82. The zero-order valence-electron chi connectivity index (χ0n) is 15.2. The summed E-state index contributed by atoms with van der Waals surface area (Å²) in [4.78, 5) is 12.1. The second kappa shape index (κ2) is 12.6. The molecule has 1 fully saturated rings. The monoisotopic (exact) mass is 340 g/mol. The third-order valence-electron chi connectivity index (χ3n) is 5.06. The molecule has 4 atom stereocenters. The van der Waals surface area contributed by atoms with Crippen LogP contribution in [0, 0.1) is 11.8 Å². The second-order valence-corrected chi connectivity index (χ2v) is 7.15. The molecule has 0 aromatic rings. The minimum Gasteiger partial charge on any atom is -0.396 e. The van der Waals surface area contributed by atoms with Gasteiger partial charge in [-0.2, -0.15) is 0 Å². The Balaban J connectivity index is 2.40. The van der Waals surface area contributed by atoms with Crippen molar-refractivity contribution in [2.45, 2.75) is 89.8 Å². The van der Waals surface area contributed by atoms with E-state index in [-0.39, 0.29) is 30.6 Å². The van der Waals surface area contributed by atoms with E-state index in [9.17, 15) is 15.0 Å². The molecule has 0 unspecified atom stereocenters. The number of aliphatic hydroxyl groups is 3. The van der Waals surface area contributed by atoms with Crippen molar-refractivity contribution in [3.8, 4) is 0 Å². The predicted molar refractivity (Wildman–Crippen MR) is 96.7 cm³/mol. The predicted octanol–water partition coefficient (Wildman–Crippen LogP) is 3.38. The molecule has 0 aromatic heterocycles. The van der Waals surface area contributed by atoms with Crippen LogP contribution in [0.4, 0.5) is 0 Å². The van der Waals surface area contributed by atoms with Crippen LogP contribution in [0.1, 0.15) is 77.6 Å². The van der Waals surface area contributed by atoms with Gasteiger partial charge < -0.3 is 15.3 Å². The maximum Gasteiger partial charge on any atom is 0.139 e. The van der Waals surface area contributed by atoms with Crippen LogP contribution < -0.4 is 0 Å². The first kappa shape index (κ1) is 21.3. The Kier molecular flexibility index (Phi) is 11.2. The summed E-state index contributed by atoms with van der Waals surface area (Å²) in [7, 11) is 0. The molecule has 0 amide bonds. The van der Waals surface area contributed by atoms with Gasteiger partial charge in [-0.25, -0.2) is 0 Å². The highest BCUT2D eigenvalue weighted by atomic mass is 16.3. The Bertz CT molecular complexity index is 367. The number of ketones is 1. The van der Waals surface area contributed by atoms with E-state index in [0.717, 1.165) is 64.2 Å². The molecule has 140 valence electrons. The lowest BCUT2D eigenvalue weighted by atomic mass is 9.88. The van der Waals surface area contributed by atoms with Gasteiger partial charge in [0.1, 0.15) is 5.78 Å². The standard InChI is InChI=1S/C20H36O4/c1-2-3-7-10-16(22)12-13-18-17(19(23)15-20(18)24)11-8-5-4-6-9-14-21/h12-13,16-18,20-22,24H,2-11,14-15H2,1H3/b13-12+/t16-,17+,18+,20-/m0/s1. The van der Waals surface area contributed by atoms with Crippen molar-refractivity contribution in [1.29, 1.82) is 0 Å². The lowest BCUT2D eigenvalue weighted by molar-refractivity contribution is -0.121. The molecule has 4 nitrogen and oxygen atoms in total. The van der Waals surface area contributed by atoms with Crippen molar-refractivity contribution in [3.63, 3.8) is 0 Å². The first-order valence-corrected chi connectivity index (χ1v) is 9.78. The molecule has 0 aliphatic heterocycles. The average molecular weight is 341 g/mol. The zero-order chi connectivity index (χ0) is 17.8. The molecule has 0 radical (unpaired) electrons. The maximum atomic E-state index is 12.1. The van der Waals surface area contributed by atoms with Crippen LogP contribution in [-0.4, -0.2) is 39.9 Å². The summed E-state index contributed by atoms with van der Waals surface area (Å²) < 4.78 is 0. The Hall–Kier alpha value is -0.710. The summed E-state index contributed by atoms with van der Waals surface area (Å²) in [6.07, 6.45) is 12.7. The number of carbonyl (C=O) groups is 1. The number of hydrogen-bond acceptors (Lipinski definition) is 4. The molecule has 24 heavy (non-hydrogen) atoms. The summed E-state index contributed by atoms with van der Waals surface area (Å²) in [5.74, 6) is -0.0827. The Morgan fingerprint density at radius 1 is 1.12 bits per heavy atom. The topological polar surface area (TPSA) is 77.8 Å². The van der Waals surface area contributed by atoms with Gasteiger partial charge in [0.15, 0.2) is 0 Å². The first-order valence-electron chi connectivity index (χ1n) is 9.78. The molecular formula is C20H36O4. The van der Waals surface area contributed by atoms with Crippen molar-refractivity contribution >= 4 is 5.78 Å². The second-order valence-electron chi connectivity index (χ2n) is 7.15. The number of aliphatic hydroxyl groups excluding tert-OH is 3. The number of hydrogen-bond donors (Lipinski definition) is 3. The van der Waals surface area contributed by atoms with E-state index in [1.807, 2.05) is 6.08 Å². The van der Waals surface area contributed by atoms with Gasteiger partial charge in [0.05, 0.1) is 12.2 Å². The van der Waals surface area contributed by atoms with E-state index in [0.29, 0.717) is 0 Å². The van der Waals surface area contributed by atoms with E-state index in [1.165, 1.54) is 0 Å². The Morgan fingerprint density at radius 3 is 2.54 bits per heavy atom. The van der Waals surface area contributed by atoms with Gasteiger partial charge in [0, 0.05) is 24.9 Å². The Labute approximate surface area is 147 Å². The van der Waals surface area contributed by atoms with Crippen LogP contribution in [0.15, 0.2) is 12.2 Å². The molecule has 0 heterocycles. The van der Waals surface area contributed by atoms with Gasteiger partial charge in [-0.3, -0.25) is 4.79 Å². The molecular weight excluding hydrogens is 304 g/mol. The third kappa shape index (κ3) is 7.91. The van der Waals surface area contributed by atoms with Gasteiger partial charge in [0.25, 0.3) is 0 Å². The minimum absolute atomic E-state index is 0.100. The fourth-order valence-electron chi connectivity index (χ4n) is 3.55. The summed E-state index contributed by atoms with van der Waals surface area (Å²) >= 11 is 0. The number of carbonyl (C=O) groups excluding carboxylic acids is 1. The summed E-state index contributed by atoms with van der Waals surface area (Å²) in [6.45, 7) is 2.39. The van der Waals surface area contributed by atoms with E-state index in [2.05, 4.69) is 6.92 Å². The molecule has 1 saturated carbocycles. The van der Waals surface area contributed by atoms with Gasteiger partial charge in [-0.1, -0.05) is 64.0 Å². The molecule has 0 aromatic carbocycles. The van der Waals surface area contributed by atoms with Crippen molar-refractivity contribution in [3.05, 3.63) is 12.2 Å².